The predicted octanol–water partition coefficient (Wildman–Crippen LogP) is -0.789. The molecule has 0 aliphatic carbocycles. The van der Waals surface area contributed by atoms with Crippen molar-refractivity contribution in [1.29, 1.82) is 0 Å². The molecule has 0 radical (unpaired) electrons. The van der Waals surface area contributed by atoms with E-state index >= 15 is 0 Å². The van der Waals surface area contributed by atoms with E-state index in [1.54, 1.807) is 13.8 Å². The van der Waals surface area contributed by atoms with E-state index in [1.165, 1.54) is 6.92 Å². The number of carboxylic acid groups (broad SMARTS) is 1. The van der Waals surface area contributed by atoms with Crippen LogP contribution in [0, 0.1) is 0 Å². The molecule has 0 bridgehead atoms. The van der Waals surface area contributed by atoms with E-state index in [4.69, 9.17) is 5.11 Å². The summed E-state index contributed by atoms with van der Waals surface area (Å²) >= 11 is 0. The highest BCUT2D eigenvalue weighted by molar-refractivity contribution is 5.76. The van der Waals surface area contributed by atoms with E-state index < -0.39 is 17.2 Å². The summed E-state index contributed by atoms with van der Waals surface area (Å²) in [5.41, 5.74) is -2.41. The second-order valence-corrected chi connectivity index (χ2v) is 5.94. The Hall–Kier alpha value is -0.690. The first-order chi connectivity index (χ1) is 8.10. The van der Waals surface area contributed by atoms with Gasteiger partial charge in [-0.1, -0.05) is 0 Å². The Morgan fingerprint density at radius 2 is 1.39 bits per heavy atom. The van der Waals surface area contributed by atoms with Crippen LogP contribution in [0.15, 0.2) is 0 Å². The fourth-order valence-corrected chi connectivity index (χ4v) is 2.16. The van der Waals surface area contributed by atoms with Gasteiger partial charge in [0.15, 0.2) is 5.60 Å². The number of aliphatic hydroxyl groups is 2. The predicted molar refractivity (Wildman–Crippen MR) is 67.4 cm³/mol. The summed E-state index contributed by atoms with van der Waals surface area (Å²) < 4.78 is 0. The van der Waals surface area contributed by atoms with E-state index in [1.807, 2.05) is 4.90 Å². The largest absolute Gasteiger partial charge is 0.479 e. The molecule has 1 aliphatic rings. The van der Waals surface area contributed by atoms with Crippen molar-refractivity contribution in [2.75, 3.05) is 39.3 Å². The highest BCUT2D eigenvalue weighted by atomic mass is 16.4. The SMILES string of the molecule is CC(C)(O)CN1CCN(CC(C)(O)C(=O)O)CC1. The van der Waals surface area contributed by atoms with Gasteiger partial charge in [0.05, 0.1) is 5.60 Å². The molecular weight excluding hydrogens is 236 g/mol. The first-order valence-electron chi connectivity index (χ1n) is 6.23. The number of aliphatic carboxylic acids is 1. The van der Waals surface area contributed by atoms with Crippen molar-refractivity contribution in [2.45, 2.75) is 32.0 Å². The summed E-state index contributed by atoms with van der Waals surface area (Å²) in [4.78, 5) is 14.9. The van der Waals surface area contributed by atoms with Crippen LogP contribution in [0.3, 0.4) is 0 Å². The van der Waals surface area contributed by atoms with E-state index in [0.29, 0.717) is 19.6 Å². The number of rotatable bonds is 5. The third-order valence-corrected chi connectivity index (χ3v) is 3.07. The number of nitrogens with zero attached hydrogens (tertiary/aromatic N) is 2. The minimum absolute atomic E-state index is 0.138. The minimum atomic E-state index is -1.70. The van der Waals surface area contributed by atoms with Gasteiger partial charge >= 0.3 is 5.97 Å². The summed E-state index contributed by atoms with van der Waals surface area (Å²) in [5, 5.41) is 28.3. The highest BCUT2D eigenvalue weighted by Gasteiger charge is 2.33. The van der Waals surface area contributed by atoms with Crippen LogP contribution >= 0.6 is 0 Å². The summed E-state index contributed by atoms with van der Waals surface area (Å²) in [6.07, 6.45) is 0. The van der Waals surface area contributed by atoms with Crippen molar-refractivity contribution in [1.82, 2.24) is 9.80 Å². The van der Waals surface area contributed by atoms with Crippen LogP contribution in [-0.2, 0) is 4.79 Å². The zero-order chi connectivity index (χ0) is 14.0. The summed E-state index contributed by atoms with van der Waals surface area (Å²) in [6.45, 7) is 8.58. The van der Waals surface area contributed by atoms with Gasteiger partial charge in [0.2, 0.25) is 0 Å². The topological polar surface area (TPSA) is 84.2 Å². The van der Waals surface area contributed by atoms with Gasteiger partial charge in [-0.15, -0.1) is 0 Å². The lowest BCUT2D eigenvalue weighted by Crippen LogP contribution is -2.55. The molecular formula is C12H24N2O4. The molecule has 1 heterocycles. The monoisotopic (exact) mass is 260 g/mol. The molecule has 1 saturated heterocycles. The molecule has 6 heteroatoms. The molecule has 0 aromatic carbocycles. The van der Waals surface area contributed by atoms with Gasteiger partial charge in [0.1, 0.15) is 0 Å². The maximum atomic E-state index is 10.8. The molecule has 1 unspecified atom stereocenters. The minimum Gasteiger partial charge on any atom is -0.479 e. The first-order valence-corrected chi connectivity index (χ1v) is 6.23. The molecule has 0 aromatic rings. The van der Waals surface area contributed by atoms with Crippen LogP contribution in [0.4, 0.5) is 0 Å². The lowest BCUT2D eigenvalue weighted by molar-refractivity contribution is -0.158. The molecule has 3 N–H and O–H groups in total. The van der Waals surface area contributed by atoms with Gasteiger partial charge in [-0.05, 0) is 20.8 Å². The van der Waals surface area contributed by atoms with Crippen molar-refractivity contribution in [3.63, 3.8) is 0 Å². The summed E-state index contributed by atoms with van der Waals surface area (Å²) in [6, 6.07) is 0. The van der Waals surface area contributed by atoms with E-state index in [9.17, 15) is 15.0 Å². The van der Waals surface area contributed by atoms with E-state index in [0.717, 1.165) is 13.1 Å². The fraction of sp³-hybridized carbons (Fsp3) is 0.917. The number of carboxylic acids is 1. The van der Waals surface area contributed by atoms with Gasteiger partial charge in [-0.25, -0.2) is 4.79 Å². The molecule has 6 nitrogen and oxygen atoms in total. The summed E-state index contributed by atoms with van der Waals surface area (Å²) in [7, 11) is 0. The second-order valence-electron chi connectivity index (χ2n) is 5.94. The molecule has 0 saturated carbocycles. The van der Waals surface area contributed by atoms with Gasteiger partial charge in [0, 0.05) is 39.3 Å². The Bertz CT molecular complexity index is 291. The second kappa shape index (κ2) is 5.52. The van der Waals surface area contributed by atoms with Gasteiger partial charge in [-0.2, -0.15) is 0 Å². The normalized spacial score (nSPS) is 22.7. The molecule has 0 spiro atoms. The molecule has 1 atom stereocenters. The molecule has 1 rings (SSSR count). The summed E-state index contributed by atoms with van der Waals surface area (Å²) in [5.74, 6) is -1.19. The van der Waals surface area contributed by atoms with Gasteiger partial charge in [0.25, 0.3) is 0 Å². The molecule has 1 aliphatic heterocycles. The maximum Gasteiger partial charge on any atom is 0.336 e. The van der Waals surface area contributed by atoms with Crippen LogP contribution in [0.5, 0.6) is 0 Å². The number of hydrogen-bond acceptors (Lipinski definition) is 5. The zero-order valence-corrected chi connectivity index (χ0v) is 11.4. The maximum absolute atomic E-state index is 10.8. The average molecular weight is 260 g/mol. The zero-order valence-electron chi connectivity index (χ0n) is 11.4. The Morgan fingerprint density at radius 1 is 1.00 bits per heavy atom. The number of piperazine rings is 1. The molecule has 0 amide bonds. The Labute approximate surface area is 108 Å². The van der Waals surface area contributed by atoms with Gasteiger partial charge < -0.3 is 15.3 Å². The Balaban J connectivity index is 2.38. The standard InChI is InChI=1S/C12H24N2O4/c1-11(2,17)8-13-4-6-14(7-5-13)9-12(3,18)10(15)16/h17-18H,4-9H2,1-3H3,(H,15,16). The van der Waals surface area contributed by atoms with Crippen molar-refractivity contribution in [3.05, 3.63) is 0 Å². The Morgan fingerprint density at radius 3 is 1.72 bits per heavy atom. The molecule has 0 aromatic heterocycles. The lowest BCUT2D eigenvalue weighted by atomic mass is 10.1. The quantitative estimate of drug-likeness (QED) is 0.601. The highest BCUT2D eigenvalue weighted by Crippen LogP contribution is 2.12. The fourth-order valence-electron chi connectivity index (χ4n) is 2.16. The van der Waals surface area contributed by atoms with Crippen LogP contribution in [0.1, 0.15) is 20.8 Å². The lowest BCUT2D eigenvalue weighted by Gasteiger charge is -2.38. The van der Waals surface area contributed by atoms with Crippen molar-refractivity contribution < 1.29 is 20.1 Å². The van der Waals surface area contributed by atoms with Crippen molar-refractivity contribution >= 4 is 5.97 Å². The smallest absolute Gasteiger partial charge is 0.336 e. The third kappa shape index (κ3) is 4.89. The average Bonchev–Trinajstić information content (AvgIpc) is 2.18. The first kappa shape index (κ1) is 15.4. The van der Waals surface area contributed by atoms with E-state index in [-0.39, 0.29) is 6.54 Å². The Kier molecular flexibility index (Phi) is 4.72. The number of β-amino-alcohol motifs (C(OH)–C–C–N with tert-alkyl or cyclic N) is 2. The van der Waals surface area contributed by atoms with Crippen LogP contribution in [-0.4, -0.2) is 81.6 Å². The third-order valence-electron chi connectivity index (χ3n) is 3.07. The van der Waals surface area contributed by atoms with Crippen LogP contribution < -0.4 is 0 Å². The number of carbonyl (C=O) groups is 1. The molecule has 18 heavy (non-hydrogen) atoms. The molecule has 1 fully saturated rings. The van der Waals surface area contributed by atoms with Crippen molar-refractivity contribution in [2.24, 2.45) is 0 Å². The van der Waals surface area contributed by atoms with Crippen LogP contribution in [0.2, 0.25) is 0 Å². The van der Waals surface area contributed by atoms with Gasteiger partial charge in [-0.3, -0.25) is 9.80 Å². The van der Waals surface area contributed by atoms with E-state index in [2.05, 4.69) is 4.90 Å². The van der Waals surface area contributed by atoms with Crippen LogP contribution in [0.25, 0.3) is 0 Å². The number of hydrogen-bond donors (Lipinski definition) is 3. The molecule has 106 valence electrons. The van der Waals surface area contributed by atoms with Crippen molar-refractivity contribution in [3.8, 4) is 0 Å².